The normalized spacial score (nSPS) is 12.0. The molecule has 0 unspecified atom stereocenters. The fourth-order valence-electron chi connectivity index (χ4n) is 1.74. The van der Waals surface area contributed by atoms with Crippen LogP contribution < -0.4 is 10.0 Å². The minimum absolute atomic E-state index is 0.189. The number of aromatic nitrogens is 2. The molecule has 2 aromatic heterocycles. The Morgan fingerprint density at radius 2 is 2.20 bits per heavy atom. The Labute approximate surface area is 122 Å². The van der Waals surface area contributed by atoms with E-state index in [1.54, 1.807) is 29.4 Å². The largest absolute Gasteiger partial charge is 0.315 e. The molecule has 0 amide bonds. The van der Waals surface area contributed by atoms with Crippen LogP contribution in [0.4, 0.5) is 5.69 Å². The summed E-state index contributed by atoms with van der Waals surface area (Å²) in [5.41, 5.74) is 0.473. The highest BCUT2D eigenvalue weighted by Gasteiger charge is 2.20. The number of hydrogen-bond acceptors (Lipinski definition) is 5. The molecule has 0 aliphatic rings. The first-order valence-corrected chi connectivity index (χ1v) is 8.58. The zero-order valence-electron chi connectivity index (χ0n) is 11.6. The molecule has 0 aliphatic carbocycles. The Morgan fingerprint density at radius 3 is 2.80 bits per heavy atom. The molecular formula is C12H18N4O2S2. The van der Waals surface area contributed by atoms with Crippen molar-refractivity contribution < 1.29 is 8.42 Å². The quantitative estimate of drug-likeness (QED) is 0.855. The Balaban J connectivity index is 2.24. The summed E-state index contributed by atoms with van der Waals surface area (Å²) in [5, 5.41) is 8.86. The number of nitrogens with one attached hydrogen (secondary N) is 2. The van der Waals surface area contributed by atoms with Crippen molar-refractivity contribution in [2.75, 3.05) is 11.8 Å². The van der Waals surface area contributed by atoms with Gasteiger partial charge in [-0.1, -0.05) is 0 Å². The molecule has 2 aromatic rings. The maximum absolute atomic E-state index is 12.4. The molecule has 8 heteroatoms. The SMILES string of the molecule is CNCc1sccc1S(=O)(=O)Nc1cnn(C(C)C)c1. The van der Waals surface area contributed by atoms with Crippen molar-refractivity contribution in [2.45, 2.75) is 31.3 Å². The molecule has 110 valence electrons. The van der Waals surface area contributed by atoms with Crippen LogP contribution in [0.3, 0.4) is 0 Å². The zero-order valence-corrected chi connectivity index (χ0v) is 13.3. The van der Waals surface area contributed by atoms with Gasteiger partial charge in [-0.05, 0) is 32.3 Å². The standard InChI is InChI=1S/C12H18N4O2S2/c1-9(2)16-8-10(6-14-16)15-20(17,18)12-4-5-19-11(12)7-13-3/h4-6,8-9,13,15H,7H2,1-3H3. The monoisotopic (exact) mass is 314 g/mol. The van der Waals surface area contributed by atoms with E-state index >= 15 is 0 Å². The van der Waals surface area contributed by atoms with Crippen molar-refractivity contribution in [1.82, 2.24) is 15.1 Å². The van der Waals surface area contributed by atoms with Crippen LogP contribution in [0.5, 0.6) is 0 Å². The predicted octanol–water partition coefficient (Wildman–Crippen LogP) is 2.05. The summed E-state index contributed by atoms with van der Waals surface area (Å²) < 4.78 is 29.0. The topological polar surface area (TPSA) is 76.0 Å². The number of nitrogens with zero attached hydrogens (tertiary/aromatic N) is 2. The van der Waals surface area contributed by atoms with E-state index in [9.17, 15) is 8.42 Å². The maximum Gasteiger partial charge on any atom is 0.263 e. The lowest BCUT2D eigenvalue weighted by Crippen LogP contribution is -2.15. The van der Waals surface area contributed by atoms with E-state index in [4.69, 9.17) is 0 Å². The first kappa shape index (κ1) is 15.0. The van der Waals surface area contributed by atoms with Crippen molar-refractivity contribution in [3.05, 3.63) is 28.7 Å². The summed E-state index contributed by atoms with van der Waals surface area (Å²) in [4.78, 5) is 1.10. The maximum atomic E-state index is 12.4. The molecule has 0 aliphatic heterocycles. The summed E-state index contributed by atoms with van der Waals surface area (Å²) in [6.07, 6.45) is 3.20. The van der Waals surface area contributed by atoms with Crippen molar-refractivity contribution in [1.29, 1.82) is 0 Å². The molecular weight excluding hydrogens is 296 g/mol. The third kappa shape index (κ3) is 3.20. The number of hydrogen-bond donors (Lipinski definition) is 2. The van der Waals surface area contributed by atoms with Crippen LogP contribution in [-0.2, 0) is 16.6 Å². The van der Waals surface area contributed by atoms with Crippen molar-refractivity contribution in [2.24, 2.45) is 0 Å². The number of thiophene rings is 1. The molecule has 2 rings (SSSR count). The van der Waals surface area contributed by atoms with E-state index in [0.717, 1.165) is 4.88 Å². The van der Waals surface area contributed by atoms with Crippen LogP contribution in [-0.4, -0.2) is 25.2 Å². The second kappa shape index (κ2) is 5.94. The van der Waals surface area contributed by atoms with Gasteiger partial charge in [-0.2, -0.15) is 5.10 Å². The lowest BCUT2D eigenvalue weighted by atomic mass is 10.4. The van der Waals surface area contributed by atoms with Gasteiger partial charge in [0.25, 0.3) is 10.0 Å². The summed E-state index contributed by atoms with van der Waals surface area (Å²) in [6.45, 7) is 4.49. The van der Waals surface area contributed by atoms with Gasteiger partial charge >= 0.3 is 0 Å². The first-order chi connectivity index (χ1) is 9.44. The average molecular weight is 314 g/mol. The fourth-order valence-corrected chi connectivity index (χ4v) is 4.23. The van der Waals surface area contributed by atoms with Gasteiger partial charge < -0.3 is 5.32 Å². The van der Waals surface area contributed by atoms with Gasteiger partial charge in [-0.15, -0.1) is 11.3 Å². The van der Waals surface area contributed by atoms with Crippen molar-refractivity contribution in [3.8, 4) is 0 Å². The molecule has 0 bridgehead atoms. The summed E-state index contributed by atoms with van der Waals surface area (Å²) in [5.74, 6) is 0. The van der Waals surface area contributed by atoms with E-state index in [1.807, 2.05) is 13.8 Å². The molecule has 2 N–H and O–H groups in total. The first-order valence-electron chi connectivity index (χ1n) is 6.22. The van der Waals surface area contributed by atoms with Gasteiger partial charge in [0, 0.05) is 23.7 Å². The molecule has 0 saturated heterocycles. The van der Waals surface area contributed by atoms with Gasteiger partial charge in [0.15, 0.2) is 0 Å². The minimum atomic E-state index is -3.57. The molecule has 0 fully saturated rings. The second-order valence-electron chi connectivity index (χ2n) is 4.65. The van der Waals surface area contributed by atoms with Crippen LogP contribution in [0.25, 0.3) is 0 Å². The highest BCUT2D eigenvalue weighted by atomic mass is 32.2. The molecule has 6 nitrogen and oxygen atoms in total. The van der Waals surface area contributed by atoms with Crippen LogP contribution in [0.2, 0.25) is 0 Å². The number of rotatable bonds is 6. The van der Waals surface area contributed by atoms with E-state index < -0.39 is 10.0 Å². The van der Waals surface area contributed by atoms with Crippen molar-refractivity contribution in [3.63, 3.8) is 0 Å². The van der Waals surface area contributed by atoms with Crippen LogP contribution in [0, 0.1) is 0 Å². The lowest BCUT2D eigenvalue weighted by molar-refractivity contribution is 0.532. The highest BCUT2D eigenvalue weighted by Crippen LogP contribution is 2.24. The number of anilines is 1. The Hall–Kier alpha value is -1.38. The van der Waals surface area contributed by atoms with Gasteiger partial charge in [-0.3, -0.25) is 9.40 Å². The van der Waals surface area contributed by atoms with Crippen LogP contribution >= 0.6 is 11.3 Å². The number of sulfonamides is 1. The predicted molar refractivity (Wildman–Crippen MR) is 80.5 cm³/mol. The third-order valence-corrected chi connectivity index (χ3v) is 5.23. The summed E-state index contributed by atoms with van der Waals surface area (Å²) in [6, 6.07) is 1.81. The highest BCUT2D eigenvalue weighted by molar-refractivity contribution is 7.93. The van der Waals surface area contributed by atoms with E-state index in [1.165, 1.54) is 17.5 Å². The molecule has 20 heavy (non-hydrogen) atoms. The van der Waals surface area contributed by atoms with Gasteiger partial charge in [-0.25, -0.2) is 8.42 Å². The second-order valence-corrected chi connectivity index (χ2v) is 7.30. The summed E-state index contributed by atoms with van der Waals surface area (Å²) >= 11 is 1.42. The molecule has 0 radical (unpaired) electrons. The van der Waals surface area contributed by atoms with Crippen LogP contribution in [0.1, 0.15) is 24.8 Å². The zero-order chi connectivity index (χ0) is 14.8. The fraction of sp³-hybridized carbons (Fsp3) is 0.417. The van der Waals surface area contributed by atoms with Crippen LogP contribution in [0.15, 0.2) is 28.7 Å². The third-order valence-electron chi connectivity index (χ3n) is 2.71. The van der Waals surface area contributed by atoms with E-state index in [0.29, 0.717) is 17.1 Å². The Bertz CT molecular complexity index is 673. The van der Waals surface area contributed by atoms with Gasteiger partial charge in [0.05, 0.1) is 11.9 Å². The Kier molecular flexibility index (Phi) is 4.46. The summed E-state index contributed by atoms with van der Waals surface area (Å²) in [7, 11) is -1.78. The van der Waals surface area contributed by atoms with E-state index in [2.05, 4.69) is 15.1 Å². The molecule has 0 aromatic carbocycles. The molecule has 0 spiro atoms. The molecule has 2 heterocycles. The lowest BCUT2D eigenvalue weighted by Gasteiger charge is -2.07. The minimum Gasteiger partial charge on any atom is -0.315 e. The molecule has 0 atom stereocenters. The van der Waals surface area contributed by atoms with Gasteiger partial charge in [0.2, 0.25) is 0 Å². The molecule has 0 saturated carbocycles. The smallest absolute Gasteiger partial charge is 0.263 e. The van der Waals surface area contributed by atoms with E-state index in [-0.39, 0.29) is 6.04 Å². The van der Waals surface area contributed by atoms with Crippen molar-refractivity contribution >= 4 is 27.0 Å². The average Bonchev–Trinajstić information content (AvgIpc) is 2.98. The Morgan fingerprint density at radius 1 is 1.45 bits per heavy atom. The van der Waals surface area contributed by atoms with Gasteiger partial charge in [0.1, 0.15) is 4.90 Å².